The SMILES string of the molecule is CC(C)C1(C)CC(=O)CC(C)(C)N1O. The lowest BCUT2D eigenvalue weighted by Gasteiger charge is -2.51. The molecule has 0 aliphatic carbocycles. The van der Waals surface area contributed by atoms with Crippen LogP contribution in [0.4, 0.5) is 0 Å². The third kappa shape index (κ3) is 1.71. The van der Waals surface area contributed by atoms with Crippen LogP contribution in [-0.4, -0.2) is 27.1 Å². The summed E-state index contributed by atoms with van der Waals surface area (Å²) in [5.41, 5.74) is -0.854. The normalized spacial score (nSPS) is 33.8. The largest absolute Gasteiger partial charge is 0.313 e. The zero-order chi connectivity index (χ0) is 11.1. The summed E-state index contributed by atoms with van der Waals surface area (Å²) in [6.45, 7) is 9.85. The number of nitrogens with zero attached hydrogens (tertiary/aromatic N) is 1. The molecule has 1 atom stereocenters. The summed E-state index contributed by atoms with van der Waals surface area (Å²) >= 11 is 0. The van der Waals surface area contributed by atoms with Gasteiger partial charge in [-0.3, -0.25) is 4.79 Å². The lowest BCUT2D eigenvalue weighted by atomic mass is 9.74. The Kier molecular flexibility index (Phi) is 2.76. The molecule has 1 saturated heterocycles. The first kappa shape index (κ1) is 11.7. The first-order valence-corrected chi connectivity index (χ1v) is 5.21. The molecule has 0 aromatic carbocycles. The number of ketones is 1. The van der Waals surface area contributed by atoms with E-state index in [9.17, 15) is 10.0 Å². The smallest absolute Gasteiger partial charge is 0.136 e. The summed E-state index contributed by atoms with van der Waals surface area (Å²) in [5.74, 6) is 0.507. The molecule has 0 amide bonds. The van der Waals surface area contributed by atoms with Gasteiger partial charge in [-0.25, -0.2) is 0 Å². The lowest BCUT2D eigenvalue weighted by molar-refractivity contribution is -0.253. The van der Waals surface area contributed by atoms with Crippen LogP contribution in [0.25, 0.3) is 0 Å². The Balaban J connectivity index is 3.02. The Bertz CT molecular complexity index is 248. The molecular formula is C11H21NO2. The average Bonchev–Trinajstić information content (AvgIpc) is 1.98. The number of hydrogen-bond acceptors (Lipinski definition) is 3. The summed E-state index contributed by atoms with van der Waals surface area (Å²) in [5, 5.41) is 11.5. The van der Waals surface area contributed by atoms with Crippen LogP contribution >= 0.6 is 0 Å². The van der Waals surface area contributed by atoms with Gasteiger partial charge in [0.2, 0.25) is 0 Å². The fourth-order valence-electron chi connectivity index (χ4n) is 2.23. The molecule has 0 aromatic heterocycles. The number of carbonyl (C=O) groups is 1. The molecular weight excluding hydrogens is 178 g/mol. The molecule has 3 heteroatoms. The monoisotopic (exact) mass is 199 g/mol. The molecule has 82 valence electrons. The van der Waals surface area contributed by atoms with Gasteiger partial charge >= 0.3 is 0 Å². The van der Waals surface area contributed by atoms with E-state index in [1.54, 1.807) is 0 Å². The van der Waals surface area contributed by atoms with Crippen LogP contribution in [0.5, 0.6) is 0 Å². The third-order valence-corrected chi connectivity index (χ3v) is 3.49. The van der Waals surface area contributed by atoms with Crippen molar-refractivity contribution in [3.8, 4) is 0 Å². The molecule has 0 saturated carbocycles. The van der Waals surface area contributed by atoms with Gasteiger partial charge < -0.3 is 5.21 Å². The predicted octanol–water partition coefficient (Wildman–Crippen LogP) is 2.23. The Morgan fingerprint density at radius 3 is 2.21 bits per heavy atom. The topological polar surface area (TPSA) is 40.5 Å². The van der Waals surface area contributed by atoms with Crippen molar-refractivity contribution in [2.75, 3.05) is 0 Å². The van der Waals surface area contributed by atoms with E-state index in [0.717, 1.165) is 0 Å². The summed E-state index contributed by atoms with van der Waals surface area (Å²) in [6, 6.07) is 0. The number of rotatable bonds is 1. The minimum Gasteiger partial charge on any atom is -0.313 e. The third-order valence-electron chi connectivity index (χ3n) is 3.49. The van der Waals surface area contributed by atoms with Crippen LogP contribution in [0.2, 0.25) is 0 Å². The predicted molar refractivity (Wildman–Crippen MR) is 55.2 cm³/mol. The second-order valence-corrected chi connectivity index (χ2v) is 5.53. The van der Waals surface area contributed by atoms with Crippen LogP contribution in [0.15, 0.2) is 0 Å². The van der Waals surface area contributed by atoms with E-state index in [1.165, 1.54) is 5.06 Å². The molecule has 1 unspecified atom stereocenters. The standard InChI is InChI=1S/C11H21NO2/c1-8(2)11(5)7-9(13)6-10(3,4)12(11)14/h8,14H,6-7H2,1-5H3. The molecule has 1 N–H and O–H groups in total. The number of Topliss-reactive ketones (excluding diaryl/α,β-unsaturated/α-hetero) is 1. The Morgan fingerprint density at radius 1 is 1.29 bits per heavy atom. The molecule has 1 heterocycles. The van der Waals surface area contributed by atoms with Gasteiger partial charge in [-0.05, 0) is 26.7 Å². The van der Waals surface area contributed by atoms with Crippen LogP contribution in [0.1, 0.15) is 47.5 Å². The summed E-state index contributed by atoms with van der Waals surface area (Å²) in [7, 11) is 0. The van der Waals surface area contributed by atoms with Gasteiger partial charge in [0, 0.05) is 18.4 Å². The molecule has 1 rings (SSSR count). The Hall–Kier alpha value is -0.410. The zero-order valence-corrected chi connectivity index (χ0v) is 9.79. The summed E-state index contributed by atoms with van der Waals surface area (Å²) in [6.07, 6.45) is 0.885. The van der Waals surface area contributed by atoms with Crippen molar-refractivity contribution in [2.24, 2.45) is 5.92 Å². The van der Waals surface area contributed by atoms with E-state index in [4.69, 9.17) is 0 Å². The van der Waals surface area contributed by atoms with Gasteiger partial charge in [0.1, 0.15) is 5.78 Å². The second-order valence-electron chi connectivity index (χ2n) is 5.53. The van der Waals surface area contributed by atoms with Crippen LogP contribution in [0, 0.1) is 5.92 Å². The average molecular weight is 199 g/mol. The molecule has 0 spiro atoms. The maximum Gasteiger partial charge on any atom is 0.136 e. The van der Waals surface area contributed by atoms with E-state index in [1.807, 2.05) is 34.6 Å². The molecule has 0 bridgehead atoms. The minimum atomic E-state index is -0.436. The van der Waals surface area contributed by atoms with Crippen molar-refractivity contribution in [3.63, 3.8) is 0 Å². The van der Waals surface area contributed by atoms with Crippen molar-refractivity contribution >= 4 is 5.78 Å². The zero-order valence-electron chi connectivity index (χ0n) is 9.79. The fourth-order valence-corrected chi connectivity index (χ4v) is 2.23. The van der Waals surface area contributed by atoms with Gasteiger partial charge in [-0.2, -0.15) is 5.06 Å². The van der Waals surface area contributed by atoms with E-state index >= 15 is 0 Å². The molecule has 0 aromatic rings. The number of hydrogen-bond donors (Lipinski definition) is 1. The highest BCUT2D eigenvalue weighted by Gasteiger charge is 2.48. The number of carbonyl (C=O) groups excluding carboxylic acids is 1. The second kappa shape index (κ2) is 3.31. The molecule has 1 fully saturated rings. The van der Waals surface area contributed by atoms with Crippen molar-refractivity contribution in [1.29, 1.82) is 0 Å². The van der Waals surface area contributed by atoms with Gasteiger partial charge in [-0.1, -0.05) is 13.8 Å². The van der Waals surface area contributed by atoms with E-state index in [0.29, 0.717) is 12.8 Å². The van der Waals surface area contributed by atoms with Crippen LogP contribution in [-0.2, 0) is 4.79 Å². The lowest BCUT2D eigenvalue weighted by Crippen LogP contribution is -2.62. The van der Waals surface area contributed by atoms with E-state index < -0.39 is 11.1 Å². The van der Waals surface area contributed by atoms with E-state index in [2.05, 4.69) is 0 Å². The van der Waals surface area contributed by atoms with Gasteiger partial charge in [0.15, 0.2) is 0 Å². The summed E-state index contributed by atoms with van der Waals surface area (Å²) < 4.78 is 0. The highest BCUT2D eigenvalue weighted by molar-refractivity contribution is 5.81. The Labute approximate surface area is 86.1 Å². The Morgan fingerprint density at radius 2 is 1.79 bits per heavy atom. The first-order chi connectivity index (χ1) is 6.20. The number of piperidine rings is 1. The number of hydroxylamine groups is 2. The van der Waals surface area contributed by atoms with Crippen molar-refractivity contribution in [3.05, 3.63) is 0 Å². The molecule has 3 nitrogen and oxygen atoms in total. The molecule has 0 radical (unpaired) electrons. The molecule has 1 aliphatic rings. The van der Waals surface area contributed by atoms with E-state index in [-0.39, 0.29) is 11.7 Å². The quantitative estimate of drug-likeness (QED) is 0.704. The maximum absolute atomic E-state index is 11.6. The van der Waals surface area contributed by atoms with Gasteiger partial charge in [-0.15, -0.1) is 0 Å². The minimum absolute atomic E-state index is 0.247. The molecule has 1 aliphatic heterocycles. The summed E-state index contributed by atoms with van der Waals surface area (Å²) in [4.78, 5) is 11.6. The first-order valence-electron chi connectivity index (χ1n) is 5.21. The highest BCUT2D eigenvalue weighted by atomic mass is 16.5. The van der Waals surface area contributed by atoms with Crippen LogP contribution in [0.3, 0.4) is 0 Å². The highest BCUT2D eigenvalue weighted by Crippen LogP contribution is 2.39. The van der Waals surface area contributed by atoms with Gasteiger partial charge in [0.25, 0.3) is 0 Å². The maximum atomic E-state index is 11.6. The van der Waals surface area contributed by atoms with Crippen molar-refractivity contribution in [1.82, 2.24) is 5.06 Å². The fraction of sp³-hybridized carbons (Fsp3) is 0.909. The van der Waals surface area contributed by atoms with Crippen LogP contribution < -0.4 is 0 Å². The van der Waals surface area contributed by atoms with Crippen molar-refractivity contribution < 1.29 is 10.0 Å². The van der Waals surface area contributed by atoms with Crippen molar-refractivity contribution in [2.45, 2.75) is 58.5 Å². The van der Waals surface area contributed by atoms with Gasteiger partial charge in [0.05, 0.1) is 5.54 Å². The molecule has 14 heavy (non-hydrogen) atoms.